The standard InChI is InChI=1S/C86H52N6S2/c1-3-17-53(18-4-1)81-87-83(91-85(89-81)61-23-13-21-59(47-61)63-29-15-33-75-79(63)69-27-9-11-31-73(69)93-75)55-39-35-51(36-40-55)57-43-45-67-71(49-57)77-65-25-7-8-26-66(65)78(67)72-50-58(44-46-68(72)77)52-37-41-56(42-38-52)84-88-82(54-19-5-2-6-20-54)90-86(92-84)62-24-14-22-60(48-62)64-30-16-34-76-80(64)70-28-10-12-32-74(70)94-76/h1-50,77-78H. The van der Waals surface area contributed by atoms with Gasteiger partial charge in [-0.3, -0.25) is 0 Å². The van der Waals surface area contributed by atoms with E-state index in [1.54, 1.807) is 0 Å². The molecule has 3 aliphatic carbocycles. The molecule has 438 valence electrons. The molecule has 20 rings (SSSR count). The van der Waals surface area contributed by atoms with E-state index in [1.165, 1.54) is 96.0 Å². The van der Waals surface area contributed by atoms with Gasteiger partial charge in [-0.25, -0.2) is 29.9 Å². The fourth-order valence-corrected chi connectivity index (χ4v) is 16.8. The molecule has 13 aromatic carbocycles. The molecule has 0 spiro atoms. The molecule has 0 saturated heterocycles. The number of aromatic nitrogens is 6. The van der Waals surface area contributed by atoms with Gasteiger partial charge in [0.1, 0.15) is 0 Å². The molecular weight excluding hydrogens is 1180 g/mol. The summed E-state index contributed by atoms with van der Waals surface area (Å²) in [6.45, 7) is 0. The van der Waals surface area contributed by atoms with Crippen LogP contribution in [-0.2, 0) is 0 Å². The smallest absolute Gasteiger partial charge is 0.164 e. The van der Waals surface area contributed by atoms with Crippen molar-refractivity contribution in [3.05, 3.63) is 337 Å². The van der Waals surface area contributed by atoms with Crippen molar-refractivity contribution in [1.29, 1.82) is 0 Å². The predicted octanol–water partition coefficient (Wildman–Crippen LogP) is 22.4. The lowest BCUT2D eigenvalue weighted by molar-refractivity contribution is 0.755. The summed E-state index contributed by atoms with van der Waals surface area (Å²) in [5.41, 5.74) is 23.1. The number of nitrogens with zero attached hydrogens (tertiary/aromatic N) is 6. The van der Waals surface area contributed by atoms with Crippen LogP contribution in [0.1, 0.15) is 45.2 Å². The molecule has 2 unspecified atom stereocenters. The topological polar surface area (TPSA) is 77.3 Å². The number of fused-ring (bicyclic) bond motifs is 6. The van der Waals surface area contributed by atoms with Crippen molar-refractivity contribution in [2.24, 2.45) is 0 Å². The fourth-order valence-electron chi connectivity index (χ4n) is 14.6. The minimum absolute atomic E-state index is 0.0969. The normalized spacial score (nSPS) is 13.7. The van der Waals surface area contributed by atoms with E-state index in [1.807, 2.05) is 59.1 Å². The van der Waals surface area contributed by atoms with Crippen LogP contribution in [0.15, 0.2) is 303 Å². The highest BCUT2D eigenvalue weighted by Gasteiger charge is 2.41. The third-order valence-electron chi connectivity index (χ3n) is 19.0. The molecular formula is C86H52N6S2. The molecule has 0 fully saturated rings. The molecule has 94 heavy (non-hydrogen) atoms. The van der Waals surface area contributed by atoms with E-state index in [9.17, 15) is 0 Å². The van der Waals surface area contributed by atoms with Gasteiger partial charge in [-0.15, -0.1) is 22.7 Å². The summed E-state index contributed by atoms with van der Waals surface area (Å²) in [6, 6.07) is 109. The Bertz CT molecular complexity index is 5520. The lowest BCUT2D eigenvalue weighted by Crippen LogP contribution is -2.27. The average Bonchev–Trinajstić information content (AvgIpc) is 0.943. The Kier molecular flexibility index (Phi) is 12.7. The molecule has 17 aromatic rings. The number of rotatable bonds is 10. The zero-order valence-electron chi connectivity index (χ0n) is 50.5. The van der Waals surface area contributed by atoms with E-state index < -0.39 is 0 Å². The second-order valence-electron chi connectivity index (χ2n) is 24.4. The van der Waals surface area contributed by atoms with Crippen molar-refractivity contribution in [1.82, 2.24) is 29.9 Å². The van der Waals surface area contributed by atoms with Crippen LogP contribution in [0.5, 0.6) is 0 Å². The predicted molar refractivity (Wildman–Crippen MR) is 388 cm³/mol. The molecule has 0 amide bonds. The summed E-state index contributed by atoms with van der Waals surface area (Å²) in [6.07, 6.45) is 0. The van der Waals surface area contributed by atoms with E-state index in [0.717, 1.165) is 55.6 Å². The SMILES string of the molecule is c1ccc(-c2nc(-c3ccc(-c4ccc5c(c4)C4c6ccccc6C5c5cc(-c6ccc(-c7nc(-c8ccccc8)nc(-c8cccc(-c9cccc%10sc%11ccccc%11c9%10)c8)n7)cc6)ccc54)cc3)nc(-c3cccc(-c4cccc5sc6ccccc6c45)c3)n2)cc1. The summed E-state index contributed by atoms with van der Waals surface area (Å²) in [4.78, 5) is 31.0. The van der Waals surface area contributed by atoms with Crippen molar-refractivity contribution >= 4 is 63.0 Å². The summed E-state index contributed by atoms with van der Waals surface area (Å²) in [5, 5.41) is 5.10. The molecule has 8 heteroatoms. The molecule has 4 heterocycles. The fraction of sp³-hybridized carbons (Fsp3) is 0.0233. The number of hydrogen-bond acceptors (Lipinski definition) is 8. The molecule has 2 bridgehead atoms. The molecule has 3 aliphatic rings. The van der Waals surface area contributed by atoms with Crippen molar-refractivity contribution < 1.29 is 0 Å². The molecule has 0 aliphatic heterocycles. The zero-order valence-corrected chi connectivity index (χ0v) is 52.2. The van der Waals surface area contributed by atoms with Crippen LogP contribution >= 0.6 is 22.7 Å². The first-order valence-electron chi connectivity index (χ1n) is 31.8. The Labute approximate surface area is 550 Å². The number of benzene rings is 13. The van der Waals surface area contributed by atoms with Crippen LogP contribution in [0.2, 0.25) is 0 Å². The second kappa shape index (κ2) is 22.0. The highest BCUT2D eigenvalue weighted by molar-refractivity contribution is 7.26. The largest absolute Gasteiger partial charge is 0.208 e. The molecule has 0 N–H and O–H groups in total. The highest BCUT2D eigenvalue weighted by atomic mass is 32.1. The molecule has 4 aromatic heterocycles. The molecule has 6 nitrogen and oxygen atoms in total. The van der Waals surface area contributed by atoms with Crippen LogP contribution in [0.25, 0.3) is 153 Å². The molecule has 2 atom stereocenters. The van der Waals surface area contributed by atoms with Gasteiger partial charge in [0.05, 0.1) is 0 Å². The van der Waals surface area contributed by atoms with Crippen LogP contribution < -0.4 is 0 Å². The van der Waals surface area contributed by atoms with Crippen LogP contribution in [0.4, 0.5) is 0 Å². The highest BCUT2D eigenvalue weighted by Crippen LogP contribution is 2.57. The van der Waals surface area contributed by atoms with Gasteiger partial charge in [-0.2, -0.15) is 0 Å². The summed E-state index contributed by atoms with van der Waals surface area (Å²) in [5.74, 6) is 3.98. The Morgan fingerprint density at radius 2 is 0.489 bits per heavy atom. The van der Waals surface area contributed by atoms with Gasteiger partial charge < -0.3 is 0 Å². The maximum atomic E-state index is 5.22. The maximum Gasteiger partial charge on any atom is 0.164 e. The third kappa shape index (κ3) is 9.13. The monoisotopic (exact) mass is 1230 g/mol. The first-order chi connectivity index (χ1) is 46.5. The van der Waals surface area contributed by atoms with Gasteiger partial charge in [0.15, 0.2) is 34.9 Å². The van der Waals surface area contributed by atoms with Gasteiger partial charge in [-0.1, -0.05) is 255 Å². The average molecular weight is 1230 g/mol. The maximum absolute atomic E-state index is 5.22. The van der Waals surface area contributed by atoms with Crippen LogP contribution in [-0.4, -0.2) is 29.9 Å². The van der Waals surface area contributed by atoms with E-state index >= 15 is 0 Å². The Morgan fingerprint density at radius 1 is 0.191 bits per heavy atom. The van der Waals surface area contributed by atoms with Gasteiger partial charge in [0.2, 0.25) is 0 Å². The summed E-state index contributed by atoms with van der Waals surface area (Å²) < 4.78 is 5.12. The Balaban J connectivity index is 0.629. The number of hydrogen-bond donors (Lipinski definition) is 0. The quantitative estimate of drug-likeness (QED) is 0.136. The van der Waals surface area contributed by atoms with E-state index in [-0.39, 0.29) is 11.8 Å². The van der Waals surface area contributed by atoms with Crippen molar-refractivity contribution in [2.45, 2.75) is 11.8 Å². The van der Waals surface area contributed by atoms with Gasteiger partial charge in [0, 0.05) is 85.6 Å². The van der Waals surface area contributed by atoms with Gasteiger partial charge in [0.25, 0.3) is 0 Å². The Hall–Kier alpha value is -11.7. The van der Waals surface area contributed by atoms with Gasteiger partial charge in [-0.05, 0) is 126 Å². The minimum atomic E-state index is 0.0969. The van der Waals surface area contributed by atoms with Crippen molar-refractivity contribution in [2.75, 3.05) is 0 Å². The first-order valence-corrected chi connectivity index (χ1v) is 33.4. The zero-order chi connectivity index (χ0) is 61.8. The van der Waals surface area contributed by atoms with Crippen LogP contribution in [0.3, 0.4) is 0 Å². The van der Waals surface area contributed by atoms with E-state index in [0.29, 0.717) is 34.9 Å². The first kappa shape index (κ1) is 54.1. The van der Waals surface area contributed by atoms with E-state index in [2.05, 4.69) is 267 Å². The van der Waals surface area contributed by atoms with Crippen molar-refractivity contribution in [3.63, 3.8) is 0 Å². The van der Waals surface area contributed by atoms with Crippen LogP contribution in [0, 0.1) is 0 Å². The molecule has 0 saturated carbocycles. The third-order valence-corrected chi connectivity index (χ3v) is 21.3. The summed E-state index contributed by atoms with van der Waals surface area (Å²) >= 11 is 3.67. The Morgan fingerprint density at radius 3 is 0.915 bits per heavy atom. The van der Waals surface area contributed by atoms with Gasteiger partial charge >= 0.3 is 0 Å². The number of thiophene rings is 2. The summed E-state index contributed by atoms with van der Waals surface area (Å²) in [7, 11) is 0. The van der Waals surface area contributed by atoms with E-state index in [4.69, 9.17) is 29.9 Å². The molecule has 0 radical (unpaired) electrons. The lowest BCUT2D eigenvalue weighted by Gasteiger charge is -2.42. The van der Waals surface area contributed by atoms with Crippen molar-refractivity contribution in [3.8, 4) is 113 Å². The second-order valence-corrected chi connectivity index (χ2v) is 26.6. The lowest BCUT2D eigenvalue weighted by atomic mass is 9.60. The minimum Gasteiger partial charge on any atom is -0.208 e.